The molecule has 2 aromatic rings. The highest BCUT2D eigenvalue weighted by Crippen LogP contribution is 2.25. The van der Waals surface area contributed by atoms with Gasteiger partial charge in [0.1, 0.15) is 0 Å². The van der Waals surface area contributed by atoms with Crippen molar-refractivity contribution in [3.63, 3.8) is 0 Å². The van der Waals surface area contributed by atoms with Gasteiger partial charge in [-0.1, -0.05) is 35.3 Å². The molecule has 2 rings (SSSR count). The molecule has 2 aromatic carbocycles. The smallest absolute Gasteiger partial charge is 0.226 e. The summed E-state index contributed by atoms with van der Waals surface area (Å²) < 4.78 is 0. The molecule has 2 N–H and O–H groups in total. The normalized spacial score (nSPS) is 10.2. The van der Waals surface area contributed by atoms with Gasteiger partial charge in [0.25, 0.3) is 0 Å². The zero-order valence-electron chi connectivity index (χ0n) is 11.6. The number of benzene rings is 2. The van der Waals surface area contributed by atoms with Gasteiger partial charge < -0.3 is 10.6 Å². The third-order valence-electron chi connectivity index (χ3n) is 2.90. The molecule has 110 valence electrons. The van der Waals surface area contributed by atoms with Crippen LogP contribution in [0, 0.1) is 6.92 Å². The van der Waals surface area contributed by atoms with Crippen molar-refractivity contribution < 1.29 is 4.79 Å². The Morgan fingerprint density at radius 2 is 1.95 bits per heavy atom. The van der Waals surface area contributed by atoms with Crippen LogP contribution in [0.4, 0.5) is 11.4 Å². The summed E-state index contributed by atoms with van der Waals surface area (Å²) in [4.78, 5) is 11.8. The number of carbonyl (C=O) groups is 1. The van der Waals surface area contributed by atoms with Crippen molar-refractivity contribution >= 4 is 40.5 Å². The van der Waals surface area contributed by atoms with Crippen LogP contribution in [0.2, 0.25) is 10.0 Å². The Labute approximate surface area is 134 Å². The second kappa shape index (κ2) is 7.34. The zero-order chi connectivity index (χ0) is 15.2. The third kappa shape index (κ3) is 4.96. The lowest BCUT2D eigenvalue weighted by molar-refractivity contribution is -0.115. The van der Waals surface area contributed by atoms with Crippen molar-refractivity contribution in [2.45, 2.75) is 13.3 Å². The van der Waals surface area contributed by atoms with Crippen LogP contribution in [0.3, 0.4) is 0 Å². The first-order valence-corrected chi connectivity index (χ1v) is 7.35. The van der Waals surface area contributed by atoms with E-state index in [9.17, 15) is 4.79 Å². The summed E-state index contributed by atoms with van der Waals surface area (Å²) in [7, 11) is 0. The van der Waals surface area contributed by atoms with Gasteiger partial charge in [-0.15, -0.1) is 0 Å². The van der Waals surface area contributed by atoms with Crippen molar-refractivity contribution in [3.8, 4) is 0 Å². The summed E-state index contributed by atoms with van der Waals surface area (Å²) in [6, 6.07) is 12.9. The number of aryl methyl sites for hydroxylation is 1. The fourth-order valence-corrected chi connectivity index (χ4v) is 2.37. The van der Waals surface area contributed by atoms with Crippen LogP contribution in [0.5, 0.6) is 0 Å². The quantitative estimate of drug-likeness (QED) is 0.834. The highest BCUT2D eigenvalue weighted by molar-refractivity contribution is 6.36. The van der Waals surface area contributed by atoms with E-state index in [1.807, 2.05) is 31.2 Å². The molecule has 0 saturated carbocycles. The predicted molar refractivity (Wildman–Crippen MR) is 89.4 cm³/mol. The minimum Gasteiger partial charge on any atom is -0.383 e. The Balaban J connectivity index is 1.81. The number of nitrogens with one attached hydrogen (secondary N) is 2. The van der Waals surface area contributed by atoms with E-state index in [-0.39, 0.29) is 5.91 Å². The highest BCUT2D eigenvalue weighted by atomic mass is 35.5. The number of carbonyl (C=O) groups excluding carboxylic acids is 1. The average molecular weight is 323 g/mol. The maximum atomic E-state index is 11.8. The van der Waals surface area contributed by atoms with E-state index in [2.05, 4.69) is 10.6 Å². The first-order valence-electron chi connectivity index (χ1n) is 6.60. The predicted octanol–water partition coefficient (Wildman–Crippen LogP) is 4.74. The number of hydrogen-bond donors (Lipinski definition) is 2. The number of hydrogen-bond acceptors (Lipinski definition) is 2. The lowest BCUT2D eigenvalue weighted by Crippen LogP contribution is -2.16. The lowest BCUT2D eigenvalue weighted by atomic mass is 10.2. The van der Waals surface area contributed by atoms with Crippen LogP contribution in [-0.2, 0) is 4.79 Å². The van der Waals surface area contributed by atoms with E-state index in [1.165, 1.54) is 0 Å². The molecule has 0 aromatic heterocycles. The second-order valence-electron chi connectivity index (χ2n) is 4.72. The molecule has 0 atom stereocenters. The Kier molecular flexibility index (Phi) is 5.48. The van der Waals surface area contributed by atoms with Gasteiger partial charge in [-0.05, 0) is 42.8 Å². The van der Waals surface area contributed by atoms with Gasteiger partial charge in [-0.25, -0.2) is 0 Å². The topological polar surface area (TPSA) is 41.1 Å². The monoisotopic (exact) mass is 322 g/mol. The molecule has 5 heteroatoms. The first kappa shape index (κ1) is 15.7. The van der Waals surface area contributed by atoms with E-state index in [4.69, 9.17) is 23.2 Å². The Bertz CT molecular complexity index is 644. The highest BCUT2D eigenvalue weighted by Gasteiger charge is 2.04. The molecule has 0 spiro atoms. The summed E-state index contributed by atoms with van der Waals surface area (Å²) in [5, 5.41) is 7.11. The van der Waals surface area contributed by atoms with Gasteiger partial charge in [0, 0.05) is 23.7 Å². The number of rotatable bonds is 5. The summed E-state index contributed by atoms with van der Waals surface area (Å²) in [5.74, 6) is -0.0433. The van der Waals surface area contributed by atoms with Gasteiger partial charge in [0.05, 0.1) is 10.7 Å². The molecule has 1 amide bonds. The van der Waals surface area contributed by atoms with Gasteiger partial charge in [0.2, 0.25) is 5.91 Å². The number of amides is 1. The largest absolute Gasteiger partial charge is 0.383 e. The van der Waals surface area contributed by atoms with Gasteiger partial charge >= 0.3 is 0 Å². The van der Waals surface area contributed by atoms with Gasteiger partial charge in [0.15, 0.2) is 0 Å². The van der Waals surface area contributed by atoms with E-state index in [0.717, 1.165) is 16.9 Å². The molecule has 0 aliphatic rings. The minimum absolute atomic E-state index is 0.0433. The standard InChI is InChI=1S/C16H16Cl2N2O/c1-11-3-2-4-13(9-11)20-16(21)7-8-19-15-6-5-12(17)10-14(15)18/h2-6,9-10,19H,7-8H2,1H3,(H,20,21). The summed E-state index contributed by atoms with van der Waals surface area (Å²) in [5.41, 5.74) is 2.69. The molecule has 0 radical (unpaired) electrons. The van der Waals surface area contributed by atoms with E-state index in [0.29, 0.717) is 23.0 Å². The SMILES string of the molecule is Cc1cccc(NC(=O)CCNc2ccc(Cl)cc2Cl)c1. The maximum absolute atomic E-state index is 11.8. The van der Waals surface area contributed by atoms with Crippen LogP contribution in [0.1, 0.15) is 12.0 Å². The van der Waals surface area contributed by atoms with E-state index < -0.39 is 0 Å². The Morgan fingerprint density at radius 3 is 2.67 bits per heavy atom. The Hall–Kier alpha value is -1.71. The van der Waals surface area contributed by atoms with Gasteiger partial charge in [-0.3, -0.25) is 4.79 Å². The lowest BCUT2D eigenvalue weighted by Gasteiger charge is -2.09. The fourth-order valence-electron chi connectivity index (χ4n) is 1.89. The molecule has 21 heavy (non-hydrogen) atoms. The van der Waals surface area contributed by atoms with Crippen LogP contribution < -0.4 is 10.6 Å². The van der Waals surface area contributed by atoms with Gasteiger partial charge in [-0.2, -0.15) is 0 Å². The molecular weight excluding hydrogens is 307 g/mol. The van der Waals surface area contributed by atoms with Crippen LogP contribution in [-0.4, -0.2) is 12.5 Å². The Morgan fingerprint density at radius 1 is 1.14 bits per heavy atom. The molecule has 3 nitrogen and oxygen atoms in total. The summed E-state index contributed by atoms with van der Waals surface area (Å²) in [6.45, 7) is 2.48. The van der Waals surface area contributed by atoms with Crippen LogP contribution >= 0.6 is 23.2 Å². The summed E-state index contributed by atoms with van der Waals surface area (Å²) in [6.07, 6.45) is 0.354. The molecule has 0 heterocycles. The first-order chi connectivity index (χ1) is 10.0. The average Bonchev–Trinajstić information content (AvgIpc) is 2.41. The number of halogens is 2. The molecule has 0 fully saturated rings. The molecule has 0 bridgehead atoms. The third-order valence-corrected chi connectivity index (χ3v) is 3.45. The van der Waals surface area contributed by atoms with Crippen LogP contribution in [0.15, 0.2) is 42.5 Å². The molecule has 0 saturated heterocycles. The van der Waals surface area contributed by atoms with Crippen molar-refractivity contribution in [2.24, 2.45) is 0 Å². The molecule has 0 aliphatic carbocycles. The van der Waals surface area contributed by atoms with Crippen molar-refractivity contribution in [2.75, 3.05) is 17.2 Å². The van der Waals surface area contributed by atoms with Crippen molar-refractivity contribution in [1.82, 2.24) is 0 Å². The minimum atomic E-state index is -0.0433. The second-order valence-corrected chi connectivity index (χ2v) is 5.56. The van der Waals surface area contributed by atoms with E-state index in [1.54, 1.807) is 18.2 Å². The van der Waals surface area contributed by atoms with Crippen molar-refractivity contribution in [1.29, 1.82) is 0 Å². The fraction of sp³-hybridized carbons (Fsp3) is 0.188. The molecule has 0 unspecified atom stereocenters. The van der Waals surface area contributed by atoms with Crippen molar-refractivity contribution in [3.05, 3.63) is 58.1 Å². The molecule has 0 aliphatic heterocycles. The number of anilines is 2. The molecular formula is C16H16Cl2N2O. The van der Waals surface area contributed by atoms with E-state index >= 15 is 0 Å². The van der Waals surface area contributed by atoms with Crippen LogP contribution in [0.25, 0.3) is 0 Å². The zero-order valence-corrected chi connectivity index (χ0v) is 13.1. The summed E-state index contributed by atoms with van der Waals surface area (Å²) >= 11 is 11.9. The maximum Gasteiger partial charge on any atom is 0.226 e.